The third-order valence-corrected chi connectivity index (χ3v) is 3.77. The summed E-state index contributed by atoms with van der Waals surface area (Å²) in [5, 5.41) is 13.9. The van der Waals surface area contributed by atoms with E-state index in [0.29, 0.717) is 0 Å². The minimum absolute atomic E-state index is 0.509. The number of halogens is 1. The van der Waals surface area contributed by atoms with Crippen molar-refractivity contribution in [2.24, 2.45) is 7.05 Å². The second-order valence-electron chi connectivity index (χ2n) is 4.58. The molecule has 0 radical (unpaired) electrons. The average Bonchev–Trinajstić information content (AvgIpc) is 2.56. The van der Waals surface area contributed by atoms with E-state index < -0.39 is 6.10 Å². The lowest BCUT2D eigenvalue weighted by Crippen LogP contribution is -1.95. The number of aliphatic hydroxyl groups is 1. The molecule has 4 nitrogen and oxygen atoms in total. The van der Waals surface area contributed by atoms with Gasteiger partial charge in [-0.2, -0.15) is 5.10 Å². The number of aryl methyl sites for hydroxylation is 2. The Hall–Kier alpha value is -1.33. The molecule has 1 N–H and O–H groups in total. The standard InChI is InChI=1S/C14H17BrN2O2/c1-8-14(9(2)17(4)16-8)19-11-5-6-12(10(3)18)13(15)7-11/h5-7,10,18H,1-4H3. The van der Waals surface area contributed by atoms with Gasteiger partial charge in [0.1, 0.15) is 11.4 Å². The number of hydrogen-bond donors (Lipinski definition) is 1. The largest absolute Gasteiger partial charge is 0.453 e. The monoisotopic (exact) mass is 324 g/mol. The van der Waals surface area contributed by atoms with Crippen LogP contribution in [0.25, 0.3) is 0 Å². The molecule has 0 fully saturated rings. The Balaban J connectivity index is 2.31. The summed E-state index contributed by atoms with van der Waals surface area (Å²) in [7, 11) is 1.89. The number of nitrogens with zero attached hydrogens (tertiary/aromatic N) is 2. The van der Waals surface area contributed by atoms with E-state index in [4.69, 9.17) is 4.74 Å². The predicted octanol–water partition coefficient (Wildman–Crippen LogP) is 3.65. The fourth-order valence-electron chi connectivity index (χ4n) is 1.93. The minimum atomic E-state index is -0.509. The second kappa shape index (κ2) is 5.35. The lowest BCUT2D eigenvalue weighted by molar-refractivity contribution is 0.198. The highest BCUT2D eigenvalue weighted by atomic mass is 79.9. The lowest BCUT2D eigenvalue weighted by Gasteiger charge is -2.11. The highest BCUT2D eigenvalue weighted by Crippen LogP contribution is 2.32. The lowest BCUT2D eigenvalue weighted by atomic mass is 10.1. The van der Waals surface area contributed by atoms with Crippen LogP contribution in [0.1, 0.15) is 30.0 Å². The highest BCUT2D eigenvalue weighted by molar-refractivity contribution is 9.10. The maximum Gasteiger partial charge on any atom is 0.171 e. The summed E-state index contributed by atoms with van der Waals surface area (Å²) in [4.78, 5) is 0. The molecule has 0 bridgehead atoms. The van der Waals surface area contributed by atoms with E-state index in [0.717, 1.165) is 32.9 Å². The summed E-state index contributed by atoms with van der Waals surface area (Å²) >= 11 is 3.44. The number of rotatable bonds is 3. The fraction of sp³-hybridized carbons (Fsp3) is 0.357. The molecule has 1 atom stereocenters. The molecule has 2 aromatic rings. The van der Waals surface area contributed by atoms with Crippen molar-refractivity contribution in [1.82, 2.24) is 9.78 Å². The molecule has 0 saturated heterocycles. The quantitative estimate of drug-likeness (QED) is 0.937. The van der Waals surface area contributed by atoms with Gasteiger partial charge in [0.2, 0.25) is 0 Å². The molecule has 1 heterocycles. The van der Waals surface area contributed by atoms with Gasteiger partial charge >= 0.3 is 0 Å². The van der Waals surface area contributed by atoms with Gasteiger partial charge in [0.25, 0.3) is 0 Å². The summed E-state index contributed by atoms with van der Waals surface area (Å²) in [5.74, 6) is 1.50. The first-order chi connectivity index (χ1) is 8.90. The molecule has 2 rings (SSSR count). The zero-order valence-corrected chi connectivity index (χ0v) is 13.0. The van der Waals surface area contributed by atoms with Crippen molar-refractivity contribution in [3.8, 4) is 11.5 Å². The van der Waals surface area contributed by atoms with Crippen LogP contribution < -0.4 is 4.74 Å². The smallest absolute Gasteiger partial charge is 0.171 e. The van der Waals surface area contributed by atoms with Gasteiger partial charge in [0.05, 0.1) is 11.8 Å². The van der Waals surface area contributed by atoms with Crippen molar-refractivity contribution in [1.29, 1.82) is 0 Å². The molecule has 1 unspecified atom stereocenters. The molecule has 1 aromatic heterocycles. The molecule has 102 valence electrons. The van der Waals surface area contributed by atoms with E-state index >= 15 is 0 Å². The predicted molar refractivity (Wildman–Crippen MR) is 77.5 cm³/mol. The van der Waals surface area contributed by atoms with E-state index in [-0.39, 0.29) is 0 Å². The first-order valence-corrected chi connectivity index (χ1v) is 6.85. The molecule has 0 aliphatic rings. The topological polar surface area (TPSA) is 47.3 Å². The summed E-state index contributed by atoms with van der Waals surface area (Å²) in [6.07, 6.45) is -0.509. The Kier molecular flexibility index (Phi) is 3.96. The molecule has 0 spiro atoms. The Bertz CT molecular complexity index is 606. The molecule has 0 amide bonds. The number of ether oxygens (including phenoxy) is 1. The van der Waals surface area contributed by atoms with Crippen LogP contribution in [0.15, 0.2) is 22.7 Å². The van der Waals surface area contributed by atoms with Gasteiger partial charge in [-0.15, -0.1) is 0 Å². The first kappa shape index (κ1) is 14.1. The van der Waals surface area contributed by atoms with Crippen molar-refractivity contribution in [3.63, 3.8) is 0 Å². The SMILES string of the molecule is Cc1nn(C)c(C)c1Oc1ccc(C(C)O)c(Br)c1. The van der Waals surface area contributed by atoms with E-state index in [1.807, 2.05) is 39.1 Å². The third kappa shape index (κ3) is 2.82. The molecular formula is C14H17BrN2O2. The molecule has 1 aromatic carbocycles. The Morgan fingerprint density at radius 3 is 2.53 bits per heavy atom. The summed E-state index contributed by atoms with van der Waals surface area (Å²) in [6, 6.07) is 5.55. The van der Waals surface area contributed by atoms with E-state index in [9.17, 15) is 5.11 Å². The van der Waals surface area contributed by atoms with Gasteiger partial charge in [-0.05, 0) is 38.5 Å². The third-order valence-electron chi connectivity index (χ3n) is 3.08. The van der Waals surface area contributed by atoms with Crippen LogP contribution in [-0.4, -0.2) is 14.9 Å². The number of aliphatic hydroxyl groups excluding tert-OH is 1. The maximum atomic E-state index is 9.59. The van der Waals surface area contributed by atoms with Crippen molar-refractivity contribution in [2.75, 3.05) is 0 Å². The Morgan fingerprint density at radius 2 is 2.05 bits per heavy atom. The van der Waals surface area contributed by atoms with Gasteiger partial charge in [0.15, 0.2) is 5.75 Å². The van der Waals surface area contributed by atoms with Gasteiger partial charge in [-0.3, -0.25) is 4.68 Å². The minimum Gasteiger partial charge on any atom is -0.453 e. The van der Waals surface area contributed by atoms with Crippen LogP contribution in [-0.2, 0) is 7.05 Å². The molecule has 0 aliphatic carbocycles. The molecule has 5 heteroatoms. The van der Waals surface area contributed by atoms with Crippen LogP contribution in [0.4, 0.5) is 0 Å². The van der Waals surface area contributed by atoms with Gasteiger partial charge in [0, 0.05) is 11.5 Å². The van der Waals surface area contributed by atoms with Crippen LogP contribution in [0.3, 0.4) is 0 Å². The molecule has 0 aliphatic heterocycles. The van der Waals surface area contributed by atoms with Crippen molar-refractivity contribution < 1.29 is 9.84 Å². The Labute approximate surface area is 121 Å². The van der Waals surface area contributed by atoms with Crippen molar-refractivity contribution >= 4 is 15.9 Å². The van der Waals surface area contributed by atoms with Gasteiger partial charge in [-0.25, -0.2) is 0 Å². The van der Waals surface area contributed by atoms with E-state index in [2.05, 4.69) is 21.0 Å². The number of benzene rings is 1. The van der Waals surface area contributed by atoms with Crippen molar-refractivity contribution in [2.45, 2.75) is 26.9 Å². The van der Waals surface area contributed by atoms with Crippen molar-refractivity contribution in [3.05, 3.63) is 39.6 Å². The van der Waals surface area contributed by atoms with Gasteiger partial charge < -0.3 is 9.84 Å². The second-order valence-corrected chi connectivity index (χ2v) is 5.44. The van der Waals surface area contributed by atoms with Crippen LogP contribution in [0.2, 0.25) is 0 Å². The molecule has 0 saturated carbocycles. The molecule has 19 heavy (non-hydrogen) atoms. The Morgan fingerprint density at radius 1 is 1.37 bits per heavy atom. The summed E-state index contributed by atoms with van der Waals surface area (Å²) in [5.41, 5.74) is 2.68. The summed E-state index contributed by atoms with van der Waals surface area (Å²) in [6.45, 7) is 5.62. The first-order valence-electron chi connectivity index (χ1n) is 6.05. The normalized spacial score (nSPS) is 12.5. The summed E-state index contributed by atoms with van der Waals surface area (Å²) < 4.78 is 8.51. The fourth-order valence-corrected chi connectivity index (χ4v) is 2.62. The zero-order valence-electron chi connectivity index (χ0n) is 11.4. The number of aromatic nitrogens is 2. The maximum absolute atomic E-state index is 9.59. The van der Waals surface area contributed by atoms with Crippen LogP contribution in [0.5, 0.6) is 11.5 Å². The highest BCUT2D eigenvalue weighted by Gasteiger charge is 2.13. The van der Waals surface area contributed by atoms with E-state index in [1.54, 1.807) is 11.6 Å². The van der Waals surface area contributed by atoms with Crippen LogP contribution in [0, 0.1) is 13.8 Å². The zero-order chi connectivity index (χ0) is 14.2. The average molecular weight is 325 g/mol. The van der Waals surface area contributed by atoms with E-state index in [1.165, 1.54) is 0 Å². The number of hydrogen-bond acceptors (Lipinski definition) is 3. The molecular weight excluding hydrogens is 308 g/mol. The van der Waals surface area contributed by atoms with Crippen LogP contribution >= 0.6 is 15.9 Å². The van der Waals surface area contributed by atoms with Gasteiger partial charge in [-0.1, -0.05) is 22.0 Å².